The Labute approximate surface area is 195 Å². The number of ether oxygens (including phenoxy) is 2. The van der Waals surface area contributed by atoms with Crippen LogP contribution in [0.3, 0.4) is 0 Å². The molecule has 1 amide bonds. The van der Waals surface area contributed by atoms with Gasteiger partial charge >= 0.3 is 0 Å². The zero-order valence-electron chi connectivity index (χ0n) is 18.7. The fourth-order valence-corrected chi connectivity index (χ4v) is 3.83. The maximum atomic E-state index is 13.1. The van der Waals surface area contributed by atoms with Gasteiger partial charge in [-0.2, -0.15) is 10.2 Å². The highest BCUT2D eigenvalue weighted by Gasteiger charge is 2.25. The van der Waals surface area contributed by atoms with Crippen molar-refractivity contribution >= 4 is 11.7 Å². The lowest BCUT2D eigenvalue weighted by Crippen LogP contribution is -2.49. The van der Waals surface area contributed by atoms with Gasteiger partial charge in [0.1, 0.15) is 29.8 Å². The summed E-state index contributed by atoms with van der Waals surface area (Å²) in [5.41, 5.74) is 1.78. The van der Waals surface area contributed by atoms with E-state index >= 15 is 0 Å². The molecule has 1 aromatic carbocycles. The van der Waals surface area contributed by atoms with Gasteiger partial charge in [0.05, 0.1) is 19.9 Å². The number of methoxy groups -OCH3 is 2. The van der Waals surface area contributed by atoms with Crippen molar-refractivity contribution in [1.82, 2.24) is 40.1 Å². The predicted molar refractivity (Wildman–Crippen MR) is 122 cm³/mol. The number of carbonyl (C=O) groups excluding carboxylic acids is 1. The van der Waals surface area contributed by atoms with Crippen molar-refractivity contribution in [1.29, 1.82) is 0 Å². The highest BCUT2D eigenvalue weighted by Crippen LogP contribution is 2.32. The Bertz CT molecular complexity index is 1260. The monoisotopic (exact) mass is 461 g/mol. The molecule has 3 aromatic heterocycles. The van der Waals surface area contributed by atoms with Gasteiger partial charge in [0, 0.05) is 31.7 Å². The first-order chi connectivity index (χ1) is 16.7. The summed E-state index contributed by atoms with van der Waals surface area (Å²) < 4.78 is 12.3. The molecule has 1 aliphatic rings. The minimum absolute atomic E-state index is 0.104. The van der Waals surface area contributed by atoms with Crippen molar-refractivity contribution in [2.45, 2.75) is 0 Å². The Kier molecular flexibility index (Phi) is 5.77. The summed E-state index contributed by atoms with van der Waals surface area (Å²) in [6.07, 6.45) is 3.01. The van der Waals surface area contributed by atoms with E-state index in [0.717, 1.165) is 11.4 Å². The van der Waals surface area contributed by atoms with E-state index in [1.54, 1.807) is 36.2 Å². The van der Waals surface area contributed by atoms with Gasteiger partial charge in [-0.3, -0.25) is 9.89 Å². The second-order valence-corrected chi connectivity index (χ2v) is 7.60. The average Bonchev–Trinajstić information content (AvgIpc) is 3.61. The molecule has 0 unspecified atom stereocenters. The van der Waals surface area contributed by atoms with Gasteiger partial charge in [0.15, 0.2) is 11.6 Å². The molecule has 4 heterocycles. The van der Waals surface area contributed by atoms with E-state index < -0.39 is 0 Å². The number of piperazine rings is 1. The van der Waals surface area contributed by atoms with Crippen LogP contribution in [0.2, 0.25) is 0 Å². The van der Waals surface area contributed by atoms with Crippen LogP contribution in [-0.2, 0) is 0 Å². The minimum Gasteiger partial charge on any atom is -0.497 e. The number of hydrogen-bond acceptors (Lipinski definition) is 9. The second-order valence-electron chi connectivity index (χ2n) is 7.60. The van der Waals surface area contributed by atoms with Crippen LogP contribution in [-0.4, -0.2) is 86.4 Å². The lowest BCUT2D eigenvalue weighted by Gasteiger charge is -2.34. The number of rotatable bonds is 6. The normalized spacial score (nSPS) is 13.7. The molecule has 12 heteroatoms. The van der Waals surface area contributed by atoms with Crippen molar-refractivity contribution in [3.8, 4) is 28.6 Å². The molecule has 5 rings (SSSR count). The van der Waals surface area contributed by atoms with Crippen LogP contribution >= 0.6 is 0 Å². The predicted octanol–water partition coefficient (Wildman–Crippen LogP) is 1.43. The third-order valence-corrected chi connectivity index (χ3v) is 5.67. The van der Waals surface area contributed by atoms with E-state index in [9.17, 15) is 4.79 Å². The molecule has 0 spiro atoms. The molecule has 1 N–H and O–H groups in total. The summed E-state index contributed by atoms with van der Waals surface area (Å²) in [5.74, 6) is 2.58. The first-order valence-electron chi connectivity index (χ1n) is 10.7. The Balaban J connectivity index is 1.24. The van der Waals surface area contributed by atoms with Gasteiger partial charge < -0.3 is 19.3 Å². The maximum absolute atomic E-state index is 13.1. The Hall–Kier alpha value is -4.48. The topological polar surface area (TPSA) is 127 Å². The average molecular weight is 461 g/mol. The van der Waals surface area contributed by atoms with Gasteiger partial charge in [0.2, 0.25) is 0 Å². The molecular weight excluding hydrogens is 438 g/mol. The summed E-state index contributed by atoms with van der Waals surface area (Å²) in [6, 6.07) is 10.9. The van der Waals surface area contributed by atoms with E-state index in [1.165, 1.54) is 6.33 Å². The van der Waals surface area contributed by atoms with E-state index in [1.807, 2.05) is 30.3 Å². The van der Waals surface area contributed by atoms with E-state index in [0.29, 0.717) is 54.9 Å². The summed E-state index contributed by atoms with van der Waals surface area (Å²) in [5, 5.41) is 19.8. The third kappa shape index (κ3) is 4.12. The van der Waals surface area contributed by atoms with Crippen molar-refractivity contribution in [3.63, 3.8) is 0 Å². The summed E-state index contributed by atoms with van der Waals surface area (Å²) in [7, 11) is 3.19. The molecule has 0 radical (unpaired) electrons. The Morgan fingerprint density at radius 2 is 1.76 bits per heavy atom. The molecule has 0 atom stereocenters. The van der Waals surface area contributed by atoms with Gasteiger partial charge in [0.25, 0.3) is 5.91 Å². The Morgan fingerprint density at radius 3 is 2.44 bits per heavy atom. The standard InChI is InChI=1S/C22H23N9O3/c1-33-15-3-4-19(34-2)16(11-15)17-12-18(26-25-17)22(32)30-9-7-29(8-10-30)20-5-6-21(28-27-20)31-14-23-13-24-31/h3-6,11-14H,7-10H2,1-2H3,(H,25,26). The van der Waals surface area contributed by atoms with E-state index in [-0.39, 0.29) is 5.91 Å². The zero-order valence-corrected chi connectivity index (χ0v) is 18.7. The third-order valence-electron chi connectivity index (χ3n) is 5.67. The first kappa shape index (κ1) is 21.4. The van der Waals surface area contributed by atoms with E-state index in [2.05, 4.69) is 35.4 Å². The highest BCUT2D eigenvalue weighted by atomic mass is 16.5. The zero-order chi connectivity index (χ0) is 23.5. The van der Waals surface area contributed by atoms with Crippen LogP contribution in [0.15, 0.2) is 49.1 Å². The van der Waals surface area contributed by atoms with Crippen LogP contribution < -0.4 is 14.4 Å². The number of nitrogens with zero attached hydrogens (tertiary/aromatic N) is 8. The van der Waals surface area contributed by atoms with Gasteiger partial charge in [-0.1, -0.05) is 0 Å². The van der Waals surface area contributed by atoms with Gasteiger partial charge in [-0.05, 0) is 36.4 Å². The molecule has 1 aliphatic heterocycles. The molecule has 174 valence electrons. The van der Waals surface area contributed by atoms with Crippen LogP contribution in [0, 0.1) is 0 Å². The molecule has 1 saturated heterocycles. The molecular formula is C22H23N9O3. The molecule has 0 saturated carbocycles. The number of carbonyl (C=O) groups is 1. The van der Waals surface area contributed by atoms with E-state index in [4.69, 9.17) is 9.47 Å². The molecule has 4 aromatic rings. The molecule has 0 aliphatic carbocycles. The fraction of sp³-hybridized carbons (Fsp3) is 0.273. The largest absolute Gasteiger partial charge is 0.497 e. The minimum atomic E-state index is -0.104. The number of benzene rings is 1. The SMILES string of the molecule is COc1ccc(OC)c(-c2cc(C(=O)N3CCN(c4ccc(-n5cncn5)nn4)CC3)[nH]n2)c1. The quantitative estimate of drug-likeness (QED) is 0.453. The van der Waals surface area contributed by atoms with Gasteiger partial charge in [-0.25, -0.2) is 9.67 Å². The van der Waals surface area contributed by atoms with Crippen molar-refractivity contribution < 1.29 is 14.3 Å². The smallest absolute Gasteiger partial charge is 0.272 e. The number of anilines is 1. The maximum Gasteiger partial charge on any atom is 0.272 e. The van der Waals surface area contributed by atoms with Crippen LogP contribution in [0.1, 0.15) is 10.5 Å². The highest BCUT2D eigenvalue weighted by molar-refractivity contribution is 5.93. The van der Waals surface area contributed by atoms with Crippen LogP contribution in [0.25, 0.3) is 17.1 Å². The molecule has 0 bridgehead atoms. The van der Waals surface area contributed by atoms with Crippen molar-refractivity contribution in [2.75, 3.05) is 45.3 Å². The molecule has 12 nitrogen and oxygen atoms in total. The van der Waals surface area contributed by atoms with Crippen LogP contribution in [0.5, 0.6) is 11.5 Å². The number of aromatic amines is 1. The number of amides is 1. The van der Waals surface area contributed by atoms with Crippen LogP contribution in [0.4, 0.5) is 5.82 Å². The number of H-pyrrole nitrogens is 1. The molecule has 34 heavy (non-hydrogen) atoms. The first-order valence-corrected chi connectivity index (χ1v) is 10.7. The van der Waals surface area contributed by atoms with Crippen molar-refractivity contribution in [2.24, 2.45) is 0 Å². The number of hydrogen-bond donors (Lipinski definition) is 1. The second kappa shape index (κ2) is 9.17. The summed E-state index contributed by atoms with van der Waals surface area (Å²) in [4.78, 5) is 20.9. The van der Waals surface area contributed by atoms with Gasteiger partial charge in [-0.15, -0.1) is 10.2 Å². The number of nitrogens with one attached hydrogen (secondary N) is 1. The molecule has 1 fully saturated rings. The Morgan fingerprint density at radius 1 is 0.971 bits per heavy atom. The van der Waals surface area contributed by atoms with Crippen molar-refractivity contribution in [3.05, 3.63) is 54.7 Å². The summed E-state index contributed by atoms with van der Waals surface area (Å²) in [6.45, 7) is 2.41. The summed E-state index contributed by atoms with van der Waals surface area (Å²) >= 11 is 0. The number of aromatic nitrogens is 7. The lowest BCUT2D eigenvalue weighted by atomic mass is 10.1. The fourth-order valence-electron chi connectivity index (χ4n) is 3.83. The lowest BCUT2D eigenvalue weighted by molar-refractivity contribution is 0.0740.